The van der Waals surface area contributed by atoms with Crippen molar-refractivity contribution < 1.29 is 14.3 Å². The molecule has 0 bridgehead atoms. The summed E-state index contributed by atoms with van der Waals surface area (Å²) in [6.45, 7) is 9.16. The summed E-state index contributed by atoms with van der Waals surface area (Å²) < 4.78 is 11.3. The SMILES string of the molecule is Cc1ccnc(OCCC[C@@H]2CCCCN2C(=O)OC(C)(C)C)c1. The fourth-order valence-electron chi connectivity index (χ4n) is 2.94. The second-order valence-corrected chi connectivity index (χ2v) is 7.49. The van der Waals surface area contributed by atoms with Gasteiger partial charge in [-0.15, -0.1) is 0 Å². The lowest BCUT2D eigenvalue weighted by atomic mass is 9.98. The largest absolute Gasteiger partial charge is 0.478 e. The van der Waals surface area contributed by atoms with Gasteiger partial charge in [0, 0.05) is 24.8 Å². The van der Waals surface area contributed by atoms with Gasteiger partial charge in [-0.1, -0.05) is 0 Å². The van der Waals surface area contributed by atoms with E-state index in [0.717, 1.165) is 37.8 Å². The number of hydrogen-bond donors (Lipinski definition) is 0. The van der Waals surface area contributed by atoms with Crippen molar-refractivity contribution in [1.82, 2.24) is 9.88 Å². The van der Waals surface area contributed by atoms with Gasteiger partial charge in [0.1, 0.15) is 5.60 Å². The number of carbonyl (C=O) groups is 1. The Kier molecular flexibility index (Phi) is 6.46. The van der Waals surface area contributed by atoms with E-state index in [0.29, 0.717) is 12.5 Å². The Morgan fingerprint density at radius 3 is 2.88 bits per heavy atom. The van der Waals surface area contributed by atoms with Crippen LogP contribution in [0.1, 0.15) is 58.4 Å². The maximum Gasteiger partial charge on any atom is 0.410 e. The lowest BCUT2D eigenvalue weighted by Crippen LogP contribution is -2.46. The maximum atomic E-state index is 12.4. The van der Waals surface area contributed by atoms with E-state index in [4.69, 9.17) is 9.47 Å². The number of amides is 1. The monoisotopic (exact) mass is 334 g/mol. The van der Waals surface area contributed by atoms with Crippen molar-refractivity contribution in [2.75, 3.05) is 13.2 Å². The predicted molar refractivity (Wildman–Crippen MR) is 94.3 cm³/mol. The van der Waals surface area contributed by atoms with Crippen molar-refractivity contribution >= 4 is 6.09 Å². The molecule has 5 nitrogen and oxygen atoms in total. The number of aryl methyl sites for hydroxylation is 1. The zero-order valence-corrected chi connectivity index (χ0v) is 15.4. The molecular weight excluding hydrogens is 304 g/mol. The molecule has 2 heterocycles. The minimum Gasteiger partial charge on any atom is -0.478 e. The van der Waals surface area contributed by atoms with E-state index in [1.54, 1.807) is 6.20 Å². The van der Waals surface area contributed by atoms with Crippen molar-refractivity contribution in [2.45, 2.75) is 71.4 Å². The van der Waals surface area contributed by atoms with Gasteiger partial charge in [0.15, 0.2) is 0 Å². The lowest BCUT2D eigenvalue weighted by Gasteiger charge is -2.36. The number of carbonyl (C=O) groups excluding carboxylic acids is 1. The molecule has 0 saturated carbocycles. The number of piperidine rings is 1. The van der Waals surface area contributed by atoms with Gasteiger partial charge in [0.2, 0.25) is 5.88 Å². The van der Waals surface area contributed by atoms with E-state index in [1.807, 2.05) is 44.7 Å². The number of likely N-dealkylation sites (tertiary alicyclic amines) is 1. The molecule has 1 fully saturated rings. The first-order chi connectivity index (χ1) is 11.3. The predicted octanol–water partition coefficient (Wildman–Crippen LogP) is 4.34. The molecule has 0 unspecified atom stereocenters. The van der Waals surface area contributed by atoms with E-state index in [1.165, 1.54) is 6.42 Å². The van der Waals surface area contributed by atoms with E-state index in [-0.39, 0.29) is 12.1 Å². The number of aromatic nitrogens is 1. The normalized spacial score (nSPS) is 18.3. The van der Waals surface area contributed by atoms with Crippen molar-refractivity contribution in [3.05, 3.63) is 23.9 Å². The van der Waals surface area contributed by atoms with Gasteiger partial charge in [-0.3, -0.25) is 0 Å². The molecule has 1 atom stereocenters. The summed E-state index contributed by atoms with van der Waals surface area (Å²) in [7, 11) is 0. The third kappa shape index (κ3) is 6.02. The van der Waals surface area contributed by atoms with Crippen molar-refractivity contribution in [3.8, 4) is 5.88 Å². The van der Waals surface area contributed by atoms with Crippen LogP contribution in [0.3, 0.4) is 0 Å². The van der Waals surface area contributed by atoms with Crippen LogP contribution in [-0.4, -0.2) is 40.8 Å². The van der Waals surface area contributed by atoms with Crippen LogP contribution < -0.4 is 4.74 Å². The summed E-state index contributed by atoms with van der Waals surface area (Å²) in [6, 6.07) is 4.14. The molecule has 0 N–H and O–H groups in total. The van der Waals surface area contributed by atoms with Crippen LogP contribution in [0.4, 0.5) is 4.79 Å². The van der Waals surface area contributed by atoms with E-state index < -0.39 is 5.60 Å². The topological polar surface area (TPSA) is 51.7 Å². The zero-order valence-electron chi connectivity index (χ0n) is 15.4. The highest BCUT2D eigenvalue weighted by Crippen LogP contribution is 2.23. The molecule has 24 heavy (non-hydrogen) atoms. The molecule has 1 saturated heterocycles. The first-order valence-corrected chi connectivity index (χ1v) is 8.90. The molecule has 5 heteroatoms. The molecule has 0 spiro atoms. The minimum absolute atomic E-state index is 0.187. The summed E-state index contributed by atoms with van der Waals surface area (Å²) in [4.78, 5) is 18.5. The van der Waals surface area contributed by atoms with Gasteiger partial charge >= 0.3 is 6.09 Å². The smallest absolute Gasteiger partial charge is 0.410 e. The van der Waals surface area contributed by atoms with Gasteiger partial charge in [-0.25, -0.2) is 9.78 Å². The Balaban J connectivity index is 1.79. The summed E-state index contributed by atoms with van der Waals surface area (Å²) in [5.41, 5.74) is 0.697. The van der Waals surface area contributed by atoms with Crippen LogP contribution in [0.15, 0.2) is 18.3 Å². The maximum absolute atomic E-state index is 12.4. The molecule has 134 valence electrons. The van der Waals surface area contributed by atoms with Crippen LogP contribution in [0.25, 0.3) is 0 Å². The summed E-state index contributed by atoms with van der Waals surface area (Å²) in [6.07, 6.45) is 6.68. The number of rotatable bonds is 5. The molecule has 1 aliphatic rings. The second-order valence-electron chi connectivity index (χ2n) is 7.49. The van der Waals surface area contributed by atoms with Gasteiger partial charge < -0.3 is 14.4 Å². The Labute approximate surface area is 145 Å². The summed E-state index contributed by atoms with van der Waals surface area (Å²) in [5.74, 6) is 0.669. The molecule has 1 aromatic rings. The van der Waals surface area contributed by atoms with E-state index in [2.05, 4.69) is 4.98 Å². The molecule has 2 rings (SSSR count). The molecule has 1 aromatic heterocycles. The Morgan fingerprint density at radius 2 is 2.17 bits per heavy atom. The van der Waals surface area contributed by atoms with Crippen LogP contribution in [0.2, 0.25) is 0 Å². The number of pyridine rings is 1. The zero-order chi connectivity index (χ0) is 17.6. The Bertz CT molecular complexity index is 540. The first kappa shape index (κ1) is 18.6. The molecule has 0 aliphatic carbocycles. The average Bonchev–Trinajstić information content (AvgIpc) is 2.50. The first-order valence-electron chi connectivity index (χ1n) is 8.90. The molecule has 0 aromatic carbocycles. The van der Waals surface area contributed by atoms with Gasteiger partial charge in [-0.05, 0) is 71.4 Å². The van der Waals surface area contributed by atoms with Gasteiger partial charge in [-0.2, -0.15) is 0 Å². The highest BCUT2D eigenvalue weighted by molar-refractivity contribution is 5.68. The van der Waals surface area contributed by atoms with Crippen LogP contribution >= 0.6 is 0 Å². The highest BCUT2D eigenvalue weighted by Gasteiger charge is 2.30. The van der Waals surface area contributed by atoms with Crippen LogP contribution in [0, 0.1) is 6.92 Å². The standard InChI is InChI=1S/C19H30N2O3/c1-15-10-11-20-17(14-15)23-13-7-9-16-8-5-6-12-21(16)18(22)24-19(2,3)4/h10-11,14,16H,5-9,12-13H2,1-4H3/t16-/m0/s1. The Hall–Kier alpha value is -1.78. The molecule has 0 radical (unpaired) electrons. The number of ether oxygens (including phenoxy) is 2. The van der Waals surface area contributed by atoms with Crippen molar-refractivity contribution in [2.24, 2.45) is 0 Å². The summed E-state index contributed by atoms with van der Waals surface area (Å²) >= 11 is 0. The summed E-state index contributed by atoms with van der Waals surface area (Å²) in [5, 5.41) is 0. The van der Waals surface area contributed by atoms with Crippen LogP contribution in [0.5, 0.6) is 5.88 Å². The highest BCUT2D eigenvalue weighted by atomic mass is 16.6. The van der Waals surface area contributed by atoms with Crippen molar-refractivity contribution in [3.63, 3.8) is 0 Å². The molecular formula is C19H30N2O3. The van der Waals surface area contributed by atoms with Gasteiger partial charge in [0.05, 0.1) is 6.61 Å². The molecule has 1 aliphatic heterocycles. The third-order valence-electron chi connectivity index (χ3n) is 4.08. The Morgan fingerprint density at radius 1 is 1.38 bits per heavy atom. The quantitative estimate of drug-likeness (QED) is 0.752. The second kappa shape index (κ2) is 8.36. The van der Waals surface area contributed by atoms with E-state index in [9.17, 15) is 4.79 Å². The fraction of sp³-hybridized carbons (Fsp3) is 0.684. The molecule has 1 amide bonds. The van der Waals surface area contributed by atoms with Gasteiger partial charge in [0.25, 0.3) is 0 Å². The average molecular weight is 334 g/mol. The van der Waals surface area contributed by atoms with Crippen molar-refractivity contribution in [1.29, 1.82) is 0 Å². The number of nitrogens with zero attached hydrogens (tertiary/aromatic N) is 2. The third-order valence-corrected chi connectivity index (χ3v) is 4.08. The fourth-order valence-corrected chi connectivity index (χ4v) is 2.94. The van der Waals surface area contributed by atoms with Crippen LogP contribution in [-0.2, 0) is 4.74 Å². The minimum atomic E-state index is -0.445. The van der Waals surface area contributed by atoms with E-state index >= 15 is 0 Å². The lowest BCUT2D eigenvalue weighted by molar-refractivity contribution is 0.00822. The number of hydrogen-bond acceptors (Lipinski definition) is 4.